The Bertz CT molecular complexity index is 3290. The van der Waals surface area contributed by atoms with Crippen LogP contribution in [-0.2, 0) is 39.5 Å². The zero-order valence-electron chi connectivity index (χ0n) is 51.2. The Morgan fingerprint density at radius 2 is 1.02 bits per heavy atom. The van der Waals surface area contributed by atoms with Gasteiger partial charge >= 0.3 is 5.97 Å². The highest BCUT2D eigenvalue weighted by molar-refractivity contribution is 6.32. The van der Waals surface area contributed by atoms with Gasteiger partial charge in [0.05, 0.1) is 63.4 Å². The van der Waals surface area contributed by atoms with Gasteiger partial charge in [0.1, 0.15) is 17.4 Å². The van der Waals surface area contributed by atoms with E-state index in [-0.39, 0.29) is 74.6 Å². The Morgan fingerprint density at radius 1 is 0.609 bits per heavy atom. The third-order valence-corrected chi connectivity index (χ3v) is 22.9. The van der Waals surface area contributed by atoms with Crippen LogP contribution >= 0.6 is 46.4 Å². The summed E-state index contributed by atoms with van der Waals surface area (Å²) < 4.78 is 43.0. The first kappa shape index (κ1) is 65.7. The van der Waals surface area contributed by atoms with Crippen molar-refractivity contribution < 1.29 is 52.8 Å². The molecule has 18 heteroatoms. The van der Waals surface area contributed by atoms with Crippen LogP contribution in [0.15, 0.2) is 72.8 Å². The molecule has 4 heterocycles. The average molecular weight is 1280 g/mol. The Kier molecular flexibility index (Phi) is 18.2. The lowest BCUT2D eigenvalue weighted by Gasteiger charge is -2.51. The predicted octanol–water partition coefficient (Wildman–Crippen LogP) is 15.3. The van der Waals surface area contributed by atoms with E-state index in [2.05, 4.69) is 38.3 Å². The number of ketones is 1. The largest absolute Gasteiger partial charge is 0.481 e. The van der Waals surface area contributed by atoms with E-state index in [9.17, 15) is 34.5 Å². The number of anilines is 2. The molecule has 10 atom stereocenters. The minimum atomic E-state index is -1.22. The summed E-state index contributed by atoms with van der Waals surface area (Å²) in [5.41, 5.74) is 3.89. The SMILES string of the molecule is CC(C)(O)[C@@H]1CC[C@@H](N)CO1.CC1(C)CCC2(CC1)C[C@@H](C(=O)C[C@@H]1CC[C@@H](C(C)(C)O)OC1)[C@H](c1cccc(Cl)c1F)[C@]21C(=O)Nc2cc(Cl)ccc21.CC1(C)CCC2(CC1)C[C@@H](C(=O)O)[C@H](c1cccc(Cl)c1F)[C@]21C(=O)Nc2cc(Cl)ccc21. The molecule has 4 aromatic rings. The molecule has 12 rings (SSSR count). The fourth-order valence-corrected chi connectivity index (χ4v) is 17.9. The molecular formula is C69H85Cl4F2N3O9. The molecule has 6 fully saturated rings. The van der Waals surface area contributed by atoms with E-state index in [0.717, 1.165) is 63.4 Å². The lowest BCUT2D eigenvalue weighted by atomic mass is 9.51. The lowest BCUT2D eigenvalue weighted by Crippen LogP contribution is -2.52. The summed E-state index contributed by atoms with van der Waals surface area (Å²) >= 11 is 25.2. The Balaban J connectivity index is 0.000000168. The van der Waals surface area contributed by atoms with E-state index in [1.807, 2.05) is 12.1 Å². The number of fused-ring (bicyclic) bond motifs is 6. The number of rotatable bonds is 8. The van der Waals surface area contributed by atoms with Gasteiger partial charge in [-0.2, -0.15) is 0 Å². The molecule has 8 aliphatic rings. The van der Waals surface area contributed by atoms with Crippen molar-refractivity contribution >= 4 is 81.3 Å². The quantitative estimate of drug-likeness (QED) is 0.0987. The molecule has 2 saturated heterocycles. The number of carboxylic acid groups (broad SMARTS) is 1. The first-order valence-electron chi connectivity index (χ1n) is 31.0. The number of carboxylic acids is 1. The van der Waals surface area contributed by atoms with Crippen molar-refractivity contribution in [1.29, 1.82) is 0 Å². The summed E-state index contributed by atoms with van der Waals surface area (Å²) in [7, 11) is 0. The first-order chi connectivity index (χ1) is 40.7. The molecular weight excluding hydrogens is 1190 g/mol. The molecule has 7 N–H and O–H groups in total. The lowest BCUT2D eigenvalue weighted by molar-refractivity contribution is -0.142. The number of carbonyl (C=O) groups excluding carboxylic acids is 3. The third-order valence-electron chi connectivity index (χ3n) is 21.9. The Labute approximate surface area is 530 Å². The van der Waals surface area contributed by atoms with Crippen LogP contribution in [0.4, 0.5) is 20.2 Å². The van der Waals surface area contributed by atoms with Gasteiger partial charge in [-0.3, -0.25) is 19.2 Å². The van der Waals surface area contributed by atoms with Gasteiger partial charge in [0, 0.05) is 51.6 Å². The highest BCUT2D eigenvalue weighted by Gasteiger charge is 2.74. The van der Waals surface area contributed by atoms with Crippen molar-refractivity contribution in [2.24, 2.45) is 45.1 Å². The van der Waals surface area contributed by atoms with Crippen molar-refractivity contribution in [3.63, 3.8) is 0 Å². The van der Waals surface area contributed by atoms with Gasteiger partial charge in [0.15, 0.2) is 0 Å². The molecule has 0 unspecified atom stereocenters. The second-order valence-corrected chi connectivity index (χ2v) is 31.1. The summed E-state index contributed by atoms with van der Waals surface area (Å²) in [5.74, 6) is -5.77. The number of nitrogens with two attached hydrogens (primary N) is 1. The zero-order chi connectivity index (χ0) is 63.2. The van der Waals surface area contributed by atoms with Crippen LogP contribution in [0.5, 0.6) is 0 Å². The van der Waals surface area contributed by atoms with E-state index in [1.54, 1.807) is 76.2 Å². The molecule has 12 nitrogen and oxygen atoms in total. The van der Waals surface area contributed by atoms with Gasteiger partial charge in [0.2, 0.25) is 11.8 Å². The summed E-state index contributed by atoms with van der Waals surface area (Å²) in [6.45, 7) is 16.9. The van der Waals surface area contributed by atoms with Gasteiger partial charge in [-0.15, -0.1) is 0 Å². The van der Waals surface area contributed by atoms with Gasteiger partial charge in [0.25, 0.3) is 0 Å². The maximum Gasteiger partial charge on any atom is 0.307 e. The minimum absolute atomic E-state index is 0.00255. The molecule has 2 amide bonds. The number of halogens is 6. The molecule has 4 aromatic carbocycles. The topological polar surface area (TPSA) is 198 Å². The van der Waals surface area contributed by atoms with Crippen LogP contribution in [0.3, 0.4) is 0 Å². The summed E-state index contributed by atoms with van der Waals surface area (Å²) in [4.78, 5) is 55.8. The van der Waals surface area contributed by atoms with Gasteiger partial charge < -0.3 is 41.2 Å². The second-order valence-electron chi connectivity index (χ2n) is 29.4. The average Bonchev–Trinajstić information content (AvgIpc) is 1.53. The van der Waals surface area contributed by atoms with Crippen LogP contribution in [0.1, 0.15) is 186 Å². The monoisotopic (exact) mass is 1280 g/mol. The standard InChI is InChI=1S/C35H42Cl2FNO4.C26H26Cl2FNO3.C8H17NO2/c1-32(2)12-14-34(15-13-32)18-23(27(40)16-20-8-11-28(43-19-20)33(3,4)42)29(22-6-5-7-25(37)30(22)38)35(34)24-10-9-21(36)17-26(24)39-31(35)41;1-24(2)8-10-25(11-9-24)13-16(22(31)32)20(15-4-3-5-18(28)21(15)29)26(25)17-7-6-14(27)12-19(17)30-23(26)33;1-8(2,10)7-4-3-6(9)5-11-7/h5-7,9-10,17,20,23,28-29,42H,8,11-16,18-19H2,1-4H3,(H,39,41);3-7,12,16,20H,8-11,13H2,1-2H3,(H,30,33)(H,31,32);6-7,10H,3-5,9H2,1-2H3/t20-,23-,28-,29-,35+;16-,20+,26-;6-,7+/m011/s1. The van der Waals surface area contributed by atoms with E-state index < -0.39 is 74.1 Å². The van der Waals surface area contributed by atoms with E-state index in [0.29, 0.717) is 77.9 Å². The molecule has 0 bridgehead atoms. The molecule has 0 aromatic heterocycles. The molecule has 0 radical (unpaired) electrons. The summed E-state index contributed by atoms with van der Waals surface area (Å²) in [6.07, 6.45) is 10.5. The fourth-order valence-electron chi connectivity index (χ4n) is 17.2. The van der Waals surface area contributed by atoms with E-state index in [1.165, 1.54) is 12.1 Å². The molecule has 4 aliphatic carbocycles. The number of ether oxygens (including phenoxy) is 2. The molecule has 4 saturated carbocycles. The van der Waals surface area contributed by atoms with Crippen molar-refractivity contribution in [3.8, 4) is 0 Å². The van der Waals surface area contributed by atoms with Gasteiger partial charge in [-0.05, 0) is 204 Å². The maximum atomic E-state index is 16.1. The van der Waals surface area contributed by atoms with Crippen LogP contribution in [-0.4, -0.2) is 81.6 Å². The fraction of sp³-hybridized carbons (Fsp3) is 0.594. The molecule has 4 spiro atoms. The Morgan fingerprint density at radius 3 is 1.41 bits per heavy atom. The highest BCUT2D eigenvalue weighted by atomic mass is 35.5. The number of benzene rings is 4. The number of carbonyl (C=O) groups is 4. The van der Waals surface area contributed by atoms with Crippen LogP contribution in [0, 0.1) is 51.0 Å². The first-order valence-corrected chi connectivity index (χ1v) is 32.5. The van der Waals surface area contributed by atoms with Gasteiger partial charge in [-0.1, -0.05) is 110 Å². The van der Waals surface area contributed by atoms with E-state index in [4.69, 9.17) is 61.6 Å². The number of Topliss-reactive ketones (excluding diaryl/α,β-unsaturated/α-hetero) is 1. The van der Waals surface area contributed by atoms with Crippen LogP contribution in [0.25, 0.3) is 0 Å². The number of nitrogens with one attached hydrogen (secondary N) is 2. The van der Waals surface area contributed by atoms with Crippen molar-refractivity contribution in [3.05, 3.63) is 127 Å². The smallest absolute Gasteiger partial charge is 0.307 e. The van der Waals surface area contributed by atoms with Crippen LogP contribution < -0.4 is 16.4 Å². The summed E-state index contributed by atoms with van der Waals surface area (Å²) in [5, 5.41) is 37.3. The number of amides is 2. The predicted molar refractivity (Wildman–Crippen MR) is 337 cm³/mol. The van der Waals surface area contributed by atoms with Crippen molar-refractivity contribution in [2.45, 2.75) is 204 Å². The van der Waals surface area contributed by atoms with Gasteiger partial charge in [-0.25, -0.2) is 8.78 Å². The normalized spacial score (nSPS) is 30.9. The third kappa shape index (κ3) is 11.8. The summed E-state index contributed by atoms with van der Waals surface area (Å²) in [6, 6.07) is 20.4. The van der Waals surface area contributed by atoms with Crippen molar-refractivity contribution in [1.82, 2.24) is 0 Å². The maximum absolute atomic E-state index is 16.1. The minimum Gasteiger partial charge on any atom is -0.481 e. The highest BCUT2D eigenvalue weighted by Crippen LogP contribution is 2.74. The molecule has 87 heavy (non-hydrogen) atoms. The van der Waals surface area contributed by atoms with E-state index >= 15 is 8.78 Å². The zero-order valence-corrected chi connectivity index (χ0v) is 54.2. The number of hydrogen-bond donors (Lipinski definition) is 6. The number of hydrogen-bond acceptors (Lipinski definition) is 9. The van der Waals surface area contributed by atoms with Crippen molar-refractivity contribution in [2.75, 3.05) is 23.8 Å². The molecule has 4 aliphatic heterocycles. The van der Waals surface area contributed by atoms with Crippen LogP contribution in [0.2, 0.25) is 20.1 Å². The second kappa shape index (κ2) is 24.1. The molecule has 472 valence electrons. The number of aliphatic hydroxyl groups is 2. The Hall–Kier alpha value is -4.22. The number of aliphatic carboxylic acids is 1.